The van der Waals surface area contributed by atoms with Crippen molar-refractivity contribution in [1.82, 2.24) is 0 Å². The molecule has 0 saturated heterocycles. The molecule has 0 aliphatic heterocycles. The predicted octanol–water partition coefficient (Wildman–Crippen LogP) is 4.31. The van der Waals surface area contributed by atoms with Gasteiger partial charge in [-0.15, -0.1) is 0 Å². The van der Waals surface area contributed by atoms with Gasteiger partial charge in [0.2, 0.25) is 0 Å². The van der Waals surface area contributed by atoms with E-state index in [0.29, 0.717) is 6.42 Å². The second-order valence-corrected chi connectivity index (χ2v) is 5.78. The molecule has 5 heteroatoms. The second-order valence-electron chi connectivity index (χ2n) is 5.78. The molecule has 136 valence electrons. The van der Waals surface area contributed by atoms with Crippen LogP contribution in [0.1, 0.15) is 30.9 Å². The number of aliphatic carboxylic acids is 2. The van der Waals surface area contributed by atoms with Crippen LogP contribution in [0.25, 0.3) is 11.1 Å². The van der Waals surface area contributed by atoms with Crippen molar-refractivity contribution in [2.45, 2.75) is 25.4 Å². The molecule has 2 rings (SSSR count). The fourth-order valence-electron chi connectivity index (χ4n) is 2.67. The number of carbonyl (C=O) groups is 2. The lowest BCUT2D eigenvalue weighted by Crippen LogP contribution is -2.09. The largest absolute Gasteiger partial charge is 0.481 e. The lowest BCUT2D eigenvalue weighted by atomic mass is 9.94. The van der Waals surface area contributed by atoms with Crippen LogP contribution in [-0.4, -0.2) is 28.8 Å². The highest BCUT2D eigenvalue weighted by atomic mass is 16.5. The Bertz CT molecular complexity index is 752. The summed E-state index contributed by atoms with van der Waals surface area (Å²) in [4.78, 5) is 21.5. The molecule has 0 fully saturated rings. The zero-order valence-corrected chi connectivity index (χ0v) is 14.4. The quantitative estimate of drug-likeness (QED) is 0.621. The monoisotopic (exact) mass is 354 g/mol. The number of rotatable bonds is 10. The van der Waals surface area contributed by atoms with E-state index in [1.165, 1.54) is 6.08 Å². The maximum atomic E-state index is 11.0. The number of carboxylic acid groups (broad SMARTS) is 2. The van der Waals surface area contributed by atoms with Gasteiger partial charge >= 0.3 is 11.9 Å². The van der Waals surface area contributed by atoms with Crippen LogP contribution in [0.4, 0.5) is 0 Å². The third-order valence-electron chi connectivity index (χ3n) is 3.87. The molecule has 2 aromatic carbocycles. The SMILES string of the molecule is O=C(O)CC=CCOC(CCC(=O)O)c1ccccc1-c1ccccc1. The first-order chi connectivity index (χ1) is 12.6. The first-order valence-electron chi connectivity index (χ1n) is 8.42. The molecular weight excluding hydrogens is 332 g/mol. The minimum absolute atomic E-state index is 0.00731. The molecule has 2 aromatic rings. The zero-order valence-electron chi connectivity index (χ0n) is 14.4. The maximum Gasteiger partial charge on any atom is 0.307 e. The minimum atomic E-state index is -0.905. The fraction of sp³-hybridized carbons (Fsp3) is 0.238. The van der Waals surface area contributed by atoms with Crippen LogP contribution in [0.3, 0.4) is 0 Å². The average Bonchev–Trinajstić information content (AvgIpc) is 2.64. The molecule has 1 unspecified atom stereocenters. The van der Waals surface area contributed by atoms with E-state index < -0.39 is 18.0 Å². The lowest BCUT2D eigenvalue weighted by molar-refractivity contribution is -0.138. The summed E-state index contributed by atoms with van der Waals surface area (Å²) in [7, 11) is 0. The normalized spacial score (nSPS) is 12.2. The van der Waals surface area contributed by atoms with Gasteiger partial charge in [-0.05, 0) is 23.1 Å². The molecule has 0 radical (unpaired) electrons. The molecule has 26 heavy (non-hydrogen) atoms. The van der Waals surface area contributed by atoms with Crippen molar-refractivity contribution in [2.75, 3.05) is 6.61 Å². The highest BCUT2D eigenvalue weighted by Crippen LogP contribution is 2.32. The molecule has 5 nitrogen and oxygen atoms in total. The van der Waals surface area contributed by atoms with E-state index in [0.717, 1.165) is 16.7 Å². The van der Waals surface area contributed by atoms with Gasteiger partial charge in [0.15, 0.2) is 0 Å². The van der Waals surface area contributed by atoms with Gasteiger partial charge in [-0.25, -0.2) is 0 Å². The summed E-state index contributed by atoms with van der Waals surface area (Å²) in [5.41, 5.74) is 2.96. The highest BCUT2D eigenvalue weighted by molar-refractivity contribution is 5.69. The smallest absolute Gasteiger partial charge is 0.307 e. The van der Waals surface area contributed by atoms with E-state index in [-0.39, 0.29) is 19.4 Å². The molecule has 0 aliphatic rings. The molecule has 0 bridgehead atoms. The summed E-state index contributed by atoms with van der Waals surface area (Å²) in [6.07, 6.45) is 3.05. The van der Waals surface area contributed by atoms with Crippen molar-refractivity contribution in [3.05, 3.63) is 72.3 Å². The minimum Gasteiger partial charge on any atom is -0.481 e. The standard InChI is InChI=1S/C21H22O5/c22-20(23)12-6-7-15-26-19(13-14-21(24)25)18-11-5-4-10-17(18)16-8-2-1-3-9-16/h1-11,19H,12-15H2,(H,22,23)(H,24,25). The number of hydrogen-bond donors (Lipinski definition) is 2. The molecule has 0 spiro atoms. The van der Waals surface area contributed by atoms with Gasteiger partial charge in [0.25, 0.3) is 0 Å². The Balaban J connectivity index is 2.20. The third-order valence-corrected chi connectivity index (χ3v) is 3.87. The highest BCUT2D eigenvalue weighted by Gasteiger charge is 2.17. The first-order valence-corrected chi connectivity index (χ1v) is 8.42. The first kappa shape index (κ1) is 19.4. The Labute approximate surface area is 152 Å². The number of hydrogen-bond acceptors (Lipinski definition) is 3. The Hall–Kier alpha value is -2.92. The van der Waals surface area contributed by atoms with E-state index in [1.54, 1.807) is 6.08 Å². The Morgan fingerprint density at radius 3 is 2.31 bits per heavy atom. The van der Waals surface area contributed by atoms with Crippen molar-refractivity contribution < 1.29 is 24.5 Å². The van der Waals surface area contributed by atoms with E-state index in [4.69, 9.17) is 14.9 Å². The van der Waals surface area contributed by atoms with Crippen molar-refractivity contribution >= 4 is 11.9 Å². The number of ether oxygens (including phenoxy) is 1. The van der Waals surface area contributed by atoms with Crippen LogP contribution in [0, 0.1) is 0 Å². The van der Waals surface area contributed by atoms with Gasteiger partial charge in [-0.1, -0.05) is 66.7 Å². The van der Waals surface area contributed by atoms with Crippen molar-refractivity contribution in [3.63, 3.8) is 0 Å². The predicted molar refractivity (Wildman–Crippen MR) is 98.8 cm³/mol. The van der Waals surface area contributed by atoms with Gasteiger partial charge < -0.3 is 14.9 Å². The summed E-state index contributed by atoms with van der Waals surface area (Å²) in [6.45, 7) is 0.223. The molecule has 0 aromatic heterocycles. The topological polar surface area (TPSA) is 83.8 Å². The number of benzene rings is 2. The van der Waals surface area contributed by atoms with Gasteiger partial charge in [0.05, 0.1) is 19.1 Å². The van der Waals surface area contributed by atoms with Crippen LogP contribution in [0.5, 0.6) is 0 Å². The Morgan fingerprint density at radius 1 is 0.923 bits per heavy atom. The van der Waals surface area contributed by atoms with E-state index >= 15 is 0 Å². The van der Waals surface area contributed by atoms with Crippen molar-refractivity contribution in [3.8, 4) is 11.1 Å². The van der Waals surface area contributed by atoms with Crippen LogP contribution in [0.2, 0.25) is 0 Å². The van der Waals surface area contributed by atoms with Gasteiger partial charge in [-0.3, -0.25) is 9.59 Å². The van der Waals surface area contributed by atoms with Crippen molar-refractivity contribution in [2.24, 2.45) is 0 Å². The molecule has 2 N–H and O–H groups in total. The maximum absolute atomic E-state index is 11.0. The third kappa shape index (κ3) is 6.18. The second kappa shape index (κ2) is 10.2. The Kier molecular flexibility index (Phi) is 7.58. The van der Waals surface area contributed by atoms with Crippen molar-refractivity contribution in [1.29, 1.82) is 0 Å². The molecular formula is C21H22O5. The molecule has 0 heterocycles. The van der Waals surface area contributed by atoms with Crippen LogP contribution in [-0.2, 0) is 14.3 Å². The van der Waals surface area contributed by atoms with E-state index in [2.05, 4.69) is 0 Å². The fourth-order valence-corrected chi connectivity index (χ4v) is 2.67. The zero-order chi connectivity index (χ0) is 18.8. The molecule has 0 saturated carbocycles. The van der Waals surface area contributed by atoms with E-state index in [1.807, 2.05) is 54.6 Å². The Morgan fingerprint density at radius 2 is 1.62 bits per heavy atom. The molecule has 0 aliphatic carbocycles. The summed E-state index contributed by atoms with van der Waals surface area (Å²) in [6, 6.07) is 17.6. The summed E-state index contributed by atoms with van der Waals surface area (Å²) in [5, 5.41) is 17.7. The molecule has 1 atom stereocenters. The summed E-state index contributed by atoms with van der Waals surface area (Å²) >= 11 is 0. The summed E-state index contributed by atoms with van der Waals surface area (Å²) in [5.74, 6) is -1.78. The van der Waals surface area contributed by atoms with Gasteiger partial charge in [-0.2, -0.15) is 0 Å². The van der Waals surface area contributed by atoms with Crippen LogP contribution >= 0.6 is 0 Å². The average molecular weight is 354 g/mol. The van der Waals surface area contributed by atoms with Gasteiger partial charge in [0.1, 0.15) is 0 Å². The lowest BCUT2D eigenvalue weighted by Gasteiger charge is -2.20. The van der Waals surface area contributed by atoms with Crippen LogP contribution < -0.4 is 0 Å². The summed E-state index contributed by atoms with van der Waals surface area (Å²) < 4.78 is 5.88. The van der Waals surface area contributed by atoms with E-state index in [9.17, 15) is 9.59 Å². The number of carboxylic acids is 2. The van der Waals surface area contributed by atoms with Crippen LogP contribution in [0.15, 0.2) is 66.7 Å². The van der Waals surface area contributed by atoms with Gasteiger partial charge in [0, 0.05) is 6.42 Å². The molecule has 0 amide bonds.